The minimum Gasteiger partial charge on any atom is -0.508 e. The molecule has 0 saturated carbocycles. The predicted octanol–water partition coefficient (Wildman–Crippen LogP) is 7.47. The van der Waals surface area contributed by atoms with Crippen LogP contribution in [0, 0.1) is 17.6 Å². The van der Waals surface area contributed by atoms with Crippen molar-refractivity contribution in [3.05, 3.63) is 90.0 Å². The van der Waals surface area contributed by atoms with Crippen LogP contribution in [0.5, 0.6) is 11.5 Å². The van der Waals surface area contributed by atoms with Crippen molar-refractivity contribution < 1.29 is 23.4 Å². The van der Waals surface area contributed by atoms with Gasteiger partial charge < -0.3 is 14.6 Å². The molecule has 0 spiro atoms. The summed E-state index contributed by atoms with van der Waals surface area (Å²) in [7, 11) is -2.46. The van der Waals surface area contributed by atoms with E-state index in [1.165, 1.54) is 24.3 Å². The largest absolute Gasteiger partial charge is 0.508 e. The Kier molecular flexibility index (Phi) is 8.76. The van der Waals surface area contributed by atoms with Crippen molar-refractivity contribution >= 4 is 20.2 Å². The molecule has 39 heavy (non-hydrogen) atoms. The van der Waals surface area contributed by atoms with Gasteiger partial charge in [0.05, 0.1) is 11.7 Å². The van der Waals surface area contributed by atoms with Crippen LogP contribution < -0.4 is 9.75 Å². The number of hydrogen-bond donors (Lipinski definition) is 2. The second kappa shape index (κ2) is 11.9. The van der Waals surface area contributed by atoms with Crippen LogP contribution in [-0.4, -0.2) is 37.1 Å². The Hall–Kier alpha value is -3.23. The van der Waals surface area contributed by atoms with Crippen molar-refractivity contribution in [2.45, 2.75) is 63.2 Å². The molecule has 0 fully saturated rings. The molecule has 3 aromatic rings. The van der Waals surface area contributed by atoms with Crippen molar-refractivity contribution in [1.29, 1.82) is 0 Å². The molecule has 4 rings (SSSR count). The smallest absolute Gasteiger partial charge is 0.188 e. The van der Waals surface area contributed by atoms with Crippen LogP contribution in [0.15, 0.2) is 77.9 Å². The minimum atomic E-state index is -2.46. The minimum absolute atomic E-state index is 0.0533. The first-order chi connectivity index (χ1) is 18.4. The Bertz CT molecular complexity index is 1240. The standard InChI is InChI=1S/C31H38F2N2O3Si/c1-31(2,39(3,4)37)19-23(22-7-9-25(32)10-8-22)5-6-24-20-34-35(27-13-11-26(33)12-14-27)30(24)21-38-29-17-15-28(36)16-18-29/h7-18,20,23-24,30,36-37H,5-6,19,21H2,1-4H3/t23-,24+,30-/m1/s1. The monoisotopic (exact) mass is 552 g/mol. The number of phenols is 1. The van der Waals surface area contributed by atoms with Crippen molar-refractivity contribution in [2.75, 3.05) is 11.6 Å². The Labute approximate surface area is 230 Å². The van der Waals surface area contributed by atoms with Crippen LogP contribution in [0.2, 0.25) is 18.1 Å². The van der Waals surface area contributed by atoms with Gasteiger partial charge >= 0.3 is 0 Å². The molecule has 3 aromatic carbocycles. The Morgan fingerprint density at radius 3 is 2.13 bits per heavy atom. The number of nitrogens with zero attached hydrogens (tertiary/aromatic N) is 2. The van der Waals surface area contributed by atoms with Gasteiger partial charge in [-0.05, 0) is 110 Å². The fraction of sp³-hybridized carbons (Fsp3) is 0.387. The van der Waals surface area contributed by atoms with E-state index in [1.54, 1.807) is 36.4 Å². The van der Waals surface area contributed by atoms with Crippen LogP contribution in [-0.2, 0) is 0 Å². The molecule has 0 amide bonds. The number of hydrogen-bond acceptors (Lipinski definition) is 5. The summed E-state index contributed by atoms with van der Waals surface area (Å²) in [4.78, 5) is 11.0. The zero-order valence-corrected chi connectivity index (χ0v) is 24.0. The Morgan fingerprint density at radius 1 is 0.949 bits per heavy atom. The number of anilines is 1. The zero-order chi connectivity index (χ0) is 28.2. The van der Waals surface area contributed by atoms with E-state index < -0.39 is 8.32 Å². The third-order valence-corrected chi connectivity index (χ3v) is 11.7. The van der Waals surface area contributed by atoms with E-state index in [2.05, 4.69) is 18.9 Å². The Morgan fingerprint density at radius 2 is 1.54 bits per heavy atom. The highest BCUT2D eigenvalue weighted by atomic mass is 28.4. The molecule has 8 heteroatoms. The summed E-state index contributed by atoms with van der Waals surface area (Å²) in [6.45, 7) is 8.52. The average Bonchev–Trinajstić information content (AvgIpc) is 3.29. The molecule has 0 unspecified atom stereocenters. The number of halogens is 2. The number of benzene rings is 3. The predicted molar refractivity (Wildman–Crippen MR) is 155 cm³/mol. The molecule has 208 valence electrons. The van der Waals surface area contributed by atoms with Crippen LogP contribution >= 0.6 is 0 Å². The first-order valence-electron chi connectivity index (χ1n) is 13.4. The second-order valence-corrected chi connectivity index (χ2v) is 16.1. The van der Waals surface area contributed by atoms with Crippen LogP contribution in [0.3, 0.4) is 0 Å². The highest BCUT2D eigenvalue weighted by Crippen LogP contribution is 2.46. The molecule has 0 saturated heterocycles. The highest BCUT2D eigenvalue weighted by Gasteiger charge is 2.40. The summed E-state index contributed by atoms with van der Waals surface area (Å²) in [5, 5.41) is 15.9. The van der Waals surface area contributed by atoms with Gasteiger partial charge in [-0.3, -0.25) is 5.01 Å². The van der Waals surface area contributed by atoms with E-state index in [9.17, 15) is 18.7 Å². The van der Waals surface area contributed by atoms with Crippen molar-refractivity contribution in [3.8, 4) is 11.5 Å². The number of phenolic OH excluding ortho intramolecular Hbond substituents is 1. The molecular weight excluding hydrogens is 514 g/mol. The lowest BCUT2D eigenvalue weighted by molar-refractivity contribution is 0.260. The number of ether oxygens (including phenoxy) is 1. The third-order valence-electron chi connectivity index (χ3n) is 8.14. The first-order valence-corrected chi connectivity index (χ1v) is 16.4. The summed E-state index contributed by atoms with van der Waals surface area (Å²) >= 11 is 0. The zero-order valence-electron chi connectivity index (χ0n) is 23.0. The SMILES string of the molecule is CC(C)(C[C@@H](CC[C@H]1C=NN(c2ccc(F)cc2)[C@@H]1COc1ccc(O)cc1)c1ccc(F)cc1)[Si](C)(C)O. The van der Waals surface area contributed by atoms with E-state index in [0.29, 0.717) is 12.4 Å². The van der Waals surface area contributed by atoms with Crippen LogP contribution in [0.25, 0.3) is 0 Å². The van der Waals surface area contributed by atoms with Gasteiger partial charge in [0, 0.05) is 12.1 Å². The lowest BCUT2D eigenvalue weighted by Crippen LogP contribution is -2.40. The molecule has 3 atom stereocenters. The Balaban J connectivity index is 1.54. The van der Waals surface area contributed by atoms with Gasteiger partial charge in [-0.2, -0.15) is 5.10 Å². The molecule has 2 N–H and O–H groups in total. The number of rotatable bonds is 11. The lowest BCUT2D eigenvalue weighted by Gasteiger charge is -2.38. The molecule has 0 aliphatic carbocycles. The van der Waals surface area contributed by atoms with Gasteiger partial charge in [-0.1, -0.05) is 26.0 Å². The maximum absolute atomic E-state index is 13.7. The summed E-state index contributed by atoms with van der Waals surface area (Å²) in [5.74, 6) is 0.414. The maximum atomic E-state index is 13.7. The first kappa shape index (κ1) is 28.8. The summed E-state index contributed by atoms with van der Waals surface area (Å²) in [6, 6.07) is 19.4. The molecule has 0 bridgehead atoms. The van der Waals surface area contributed by atoms with Gasteiger partial charge in [0.25, 0.3) is 0 Å². The normalized spacial score (nSPS) is 18.4. The number of aromatic hydroxyl groups is 1. The fourth-order valence-electron chi connectivity index (χ4n) is 4.94. The molecule has 1 aliphatic rings. The molecule has 0 aromatic heterocycles. The quantitative estimate of drug-likeness (QED) is 0.242. The van der Waals surface area contributed by atoms with E-state index in [-0.39, 0.29) is 40.3 Å². The molecular formula is C31H38F2N2O3Si. The van der Waals surface area contributed by atoms with Crippen LogP contribution in [0.1, 0.15) is 44.6 Å². The highest BCUT2D eigenvalue weighted by molar-refractivity contribution is 6.72. The van der Waals surface area contributed by atoms with E-state index in [1.807, 2.05) is 36.5 Å². The second-order valence-electron chi connectivity index (χ2n) is 11.6. The van der Waals surface area contributed by atoms with Gasteiger partial charge in [0.1, 0.15) is 29.7 Å². The van der Waals surface area contributed by atoms with Crippen molar-refractivity contribution in [2.24, 2.45) is 11.0 Å². The third kappa shape index (κ3) is 7.25. The summed E-state index contributed by atoms with van der Waals surface area (Å²) in [5.41, 5.74) is 1.84. The van der Waals surface area contributed by atoms with Crippen molar-refractivity contribution in [1.82, 2.24) is 0 Å². The summed E-state index contributed by atoms with van der Waals surface area (Å²) < 4.78 is 33.5. The number of hydrazone groups is 1. The van der Waals surface area contributed by atoms with E-state index in [4.69, 9.17) is 4.74 Å². The van der Waals surface area contributed by atoms with E-state index in [0.717, 1.165) is 30.5 Å². The van der Waals surface area contributed by atoms with Gasteiger partial charge in [-0.15, -0.1) is 0 Å². The lowest BCUT2D eigenvalue weighted by atomic mass is 9.83. The summed E-state index contributed by atoms with van der Waals surface area (Å²) in [6.07, 6.45) is 4.35. The maximum Gasteiger partial charge on any atom is 0.188 e. The van der Waals surface area contributed by atoms with Crippen molar-refractivity contribution in [3.63, 3.8) is 0 Å². The van der Waals surface area contributed by atoms with Gasteiger partial charge in [0.2, 0.25) is 0 Å². The topological polar surface area (TPSA) is 65.3 Å². The average molecular weight is 553 g/mol. The molecule has 0 radical (unpaired) electrons. The van der Waals surface area contributed by atoms with E-state index >= 15 is 0 Å². The van der Waals surface area contributed by atoms with Crippen LogP contribution in [0.4, 0.5) is 14.5 Å². The van der Waals surface area contributed by atoms with Gasteiger partial charge in [0.15, 0.2) is 8.32 Å². The molecule has 5 nitrogen and oxygen atoms in total. The molecule has 1 heterocycles. The molecule has 1 aliphatic heterocycles. The fourth-order valence-corrected chi connectivity index (χ4v) is 5.69. The van der Waals surface area contributed by atoms with Gasteiger partial charge in [-0.25, -0.2) is 8.78 Å².